The smallest absolute Gasteiger partial charge is 0.456 e. The Labute approximate surface area is 162 Å². The molecule has 0 atom stereocenters. The van der Waals surface area contributed by atoms with Gasteiger partial charge in [0, 0.05) is 23.2 Å². The van der Waals surface area contributed by atoms with Gasteiger partial charge in [0.25, 0.3) is 5.69 Å². The van der Waals surface area contributed by atoms with E-state index >= 15 is 0 Å². The van der Waals surface area contributed by atoms with Gasteiger partial charge in [0.2, 0.25) is 0 Å². The van der Waals surface area contributed by atoms with E-state index in [1.165, 1.54) is 18.2 Å². The Kier molecular flexibility index (Phi) is 8.58. The van der Waals surface area contributed by atoms with Gasteiger partial charge in [-0.25, -0.2) is 0 Å². The van der Waals surface area contributed by atoms with E-state index in [1.807, 2.05) is 0 Å². The van der Waals surface area contributed by atoms with Crippen molar-refractivity contribution in [3.05, 3.63) is 57.1 Å². The predicted molar refractivity (Wildman–Crippen MR) is 95.8 cm³/mol. The zero-order chi connectivity index (χ0) is 21.5. The van der Waals surface area contributed by atoms with Crippen molar-refractivity contribution in [2.45, 2.75) is 13.1 Å². The second-order valence-electron chi connectivity index (χ2n) is 4.96. The van der Waals surface area contributed by atoms with E-state index in [1.54, 1.807) is 6.92 Å². The van der Waals surface area contributed by atoms with Crippen molar-refractivity contribution in [1.29, 1.82) is 0 Å². The number of nitrogens with zero attached hydrogens (tertiary/aromatic N) is 1. The van der Waals surface area contributed by atoms with Gasteiger partial charge in [-0.05, 0) is 31.2 Å². The highest BCUT2D eigenvalue weighted by Gasteiger charge is 2.31. The van der Waals surface area contributed by atoms with Crippen LogP contribution in [0.25, 0.3) is 0 Å². The van der Waals surface area contributed by atoms with Crippen LogP contribution in [0, 0.1) is 10.1 Å². The summed E-state index contributed by atoms with van der Waals surface area (Å²) in [4.78, 5) is 24.6. The Morgan fingerprint density at radius 1 is 1.25 bits per heavy atom. The molecule has 0 radical (unpaired) electrons. The minimum atomic E-state index is -4.51. The van der Waals surface area contributed by atoms with Crippen molar-refractivity contribution in [3.8, 4) is 11.5 Å². The molecule has 8 nitrogen and oxygen atoms in total. The van der Waals surface area contributed by atoms with Gasteiger partial charge in [0.15, 0.2) is 0 Å². The molecule has 0 spiro atoms. The van der Waals surface area contributed by atoms with Gasteiger partial charge >= 0.3 is 14.4 Å². The maximum atomic E-state index is 12.6. The van der Waals surface area contributed by atoms with Crippen LogP contribution >= 0.6 is 19.9 Å². The molecule has 0 aliphatic rings. The number of anilines is 1. The highest BCUT2D eigenvalue weighted by atomic mass is 35.5. The second kappa shape index (κ2) is 10.2. The number of benzene rings is 2. The Morgan fingerprint density at radius 3 is 2.32 bits per heavy atom. The second-order valence-corrected chi connectivity index (χ2v) is 5.88. The molecule has 0 fully saturated rings. The van der Waals surface area contributed by atoms with Crippen LogP contribution in [0.1, 0.15) is 12.5 Å². The first-order valence-electron chi connectivity index (χ1n) is 7.37. The molecular formula is C15H14ClF3N2O6P+. The number of rotatable bonds is 5. The Morgan fingerprint density at radius 2 is 1.86 bits per heavy atom. The highest BCUT2D eigenvalue weighted by molar-refractivity contribution is 7.30. The molecule has 0 heterocycles. The fourth-order valence-corrected chi connectivity index (χ4v) is 2.18. The molecule has 0 bridgehead atoms. The third-order valence-electron chi connectivity index (χ3n) is 3.02. The van der Waals surface area contributed by atoms with Gasteiger partial charge in [0.05, 0.1) is 15.5 Å². The number of alkyl halides is 3. The van der Waals surface area contributed by atoms with Crippen molar-refractivity contribution in [2.75, 3.05) is 11.9 Å². The summed E-state index contributed by atoms with van der Waals surface area (Å²) < 4.78 is 52.0. The van der Waals surface area contributed by atoms with Crippen molar-refractivity contribution in [1.82, 2.24) is 0 Å². The van der Waals surface area contributed by atoms with Gasteiger partial charge < -0.3 is 10.1 Å². The van der Waals surface area contributed by atoms with Gasteiger partial charge in [-0.3, -0.25) is 10.1 Å². The summed E-state index contributed by atoms with van der Waals surface area (Å²) in [5.41, 5.74) is -0.789. The zero-order valence-corrected chi connectivity index (χ0v) is 15.8. The molecule has 2 aromatic carbocycles. The minimum Gasteiger partial charge on any atom is -0.456 e. The predicted octanol–water partition coefficient (Wildman–Crippen LogP) is 5.12. The normalized spacial score (nSPS) is 10.5. The summed E-state index contributed by atoms with van der Waals surface area (Å²) in [5, 5.41) is 13.6. The third kappa shape index (κ3) is 7.28. The number of hydrogen-bond acceptors (Lipinski definition) is 5. The molecule has 2 aromatic rings. The molecule has 0 amide bonds. The van der Waals surface area contributed by atoms with Crippen LogP contribution in [0.2, 0.25) is 5.02 Å². The van der Waals surface area contributed by atoms with E-state index < -0.39 is 24.9 Å². The Hall–Kier alpha value is -2.46. The average Bonchev–Trinajstić information content (AvgIpc) is 2.55. The fraction of sp³-hybridized carbons (Fsp3) is 0.200. The number of hydrogen-bond donors (Lipinski definition) is 3. The topological polar surface area (TPSA) is 122 Å². The number of nitro groups is 1. The first-order chi connectivity index (χ1) is 13.0. The van der Waals surface area contributed by atoms with Crippen LogP contribution in [0.5, 0.6) is 11.5 Å². The first kappa shape index (κ1) is 23.6. The van der Waals surface area contributed by atoms with E-state index in [4.69, 9.17) is 30.7 Å². The van der Waals surface area contributed by atoms with Gasteiger partial charge in [0.1, 0.15) is 17.2 Å². The quantitative estimate of drug-likeness (QED) is 0.334. The van der Waals surface area contributed by atoms with Crippen molar-refractivity contribution >= 4 is 31.2 Å². The van der Waals surface area contributed by atoms with E-state index in [2.05, 4.69) is 5.32 Å². The third-order valence-corrected chi connectivity index (χ3v) is 3.31. The highest BCUT2D eigenvalue weighted by Crippen LogP contribution is 2.37. The van der Waals surface area contributed by atoms with Crippen LogP contribution in [-0.4, -0.2) is 21.3 Å². The van der Waals surface area contributed by atoms with Gasteiger partial charge in [-0.1, -0.05) is 11.6 Å². The summed E-state index contributed by atoms with van der Waals surface area (Å²) in [7, 11) is -2.87. The zero-order valence-electron chi connectivity index (χ0n) is 14.1. The molecular weight excluding hydrogens is 428 g/mol. The van der Waals surface area contributed by atoms with Crippen LogP contribution < -0.4 is 10.1 Å². The average molecular weight is 442 g/mol. The number of ether oxygens (including phenoxy) is 1. The van der Waals surface area contributed by atoms with Crippen LogP contribution in [0.4, 0.5) is 24.5 Å². The summed E-state index contributed by atoms with van der Waals surface area (Å²) in [6.07, 6.45) is -4.51. The van der Waals surface area contributed by atoms with Crippen LogP contribution in [0.3, 0.4) is 0 Å². The lowest BCUT2D eigenvalue weighted by Crippen LogP contribution is -2.04. The largest absolute Gasteiger partial charge is 0.692 e. The summed E-state index contributed by atoms with van der Waals surface area (Å²) >= 11 is 5.82. The molecule has 0 aliphatic carbocycles. The summed E-state index contributed by atoms with van der Waals surface area (Å²) in [5.74, 6) is 0.221. The molecule has 0 saturated heterocycles. The fourth-order valence-electron chi connectivity index (χ4n) is 1.96. The number of nitrogens with one attached hydrogen (secondary N) is 1. The van der Waals surface area contributed by atoms with E-state index in [0.29, 0.717) is 6.54 Å². The first-order valence-corrected chi connectivity index (χ1v) is 8.92. The lowest BCUT2D eigenvalue weighted by atomic mass is 10.2. The lowest BCUT2D eigenvalue weighted by molar-refractivity contribution is -0.384. The molecule has 152 valence electrons. The molecule has 13 heteroatoms. The maximum Gasteiger partial charge on any atom is 0.692 e. The Balaban J connectivity index is 0.000000892. The van der Waals surface area contributed by atoms with Crippen molar-refractivity contribution in [2.24, 2.45) is 0 Å². The molecule has 2 rings (SSSR count). The molecule has 3 N–H and O–H groups in total. The molecule has 0 aromatic heterocycles. The lowest BCUT2D eigenvalue weighted by Gasteiger charge is -2.12. The summed E-state index contributed by atoms with van der Waals surface area (Å²) in [6, 6.07) is 6.67. The standard InChI is InChI=1S/C15H12ClF3N2O3.HO3P/c1-2-20-12-8-10(4-5-13(12)21(22)23)24-14-6-3-9(7-11(14)16)15(17,18)19;1-4(2)3/h3-8,20H,2H2,1H3;(H-,1,2,3)/p+1. The van der Waals surface area contributed by atoms with E-state index in [9.17, 15) is 23.3 Å². The number of nitro benzene ring substituents is 1. The molecule has 0 aliphatic heterocycles. The van der Waals surface area contributed by atoms with E-state index in [-0.39, 0.29) is 27.9 Å². The Bertz CT molecular complexity index is 862. The van der Waals surface area contributed by atoms with Gasteiger partial charge in [-0.15, -0.1) is 9.79 Å². The maximum absolute atomic E-state index is 12.6. The number of halogens is 4. The SMILES string of the molecule is CCNc1cc(Oc2ccc(C(F)(F)F)cc2Cl)ccc1[N+](=O)[O-].O=[P+](O)O. The minimum absolute atomic E-state index is 0.0148. The summed E-state index contributed by atoms with van der Waals surface area (Å²) in [6.45, 7) is 2.22. The monoisotopic (exact) mass is 441 g/mol. The van der Waals surface area contributed by atoms with Crippen LogP contribution in [0.15, 0.2) is 36.4 Å². The van der Waals surface area contributed by atoms with Crippen LogP contribution in [-0.2, 0) is 10.7 Å². The van der Waals surface area contributed by atoms with E-state index in [0.717, 1.165) is 18.2 Å². The van der Waals surface area contributed by atoms with Crippen molar-refractivity contribution < 1.29 is 37.2 Å². The molecule has 0 unspecified atom stereocenters. The molecule has 0 saturated carbocycles. The van der Waals surface area contributed by atoms with Gasteiger partial charge in [-0.2, -0.15) is 13.2 Å². The molecule has 28 heavy (non-hydrogen) atoms. The van der Waals surface area contributed by atoms with Crippen molar-refractivity contribution in [3.63, 3.8) is 0 Å².